The first-order valence-electron chi connectivity index (χ1n) is 11.5. The summed E-state index contributed by atoms with van der Waals surface area (Å²) in [6.45, 7) is 4.10. The highest BCUT2D eigenvalue weighted by molar-refractivity contribution is 5.87. The van der Waals surface area contributed by atoms with Gasteiger partial charge in [0.1, 0.15) is 12.1 Å². The summed E-state index contributed by atoms with van der Waals surface area (Å²) in [5.74, 6) is -1.18. The molecule has 1 aliphatic carbocycles. The van der Waals surface area contributed by atoms with E-state index in [-0.39, 0.29) is 30.9 Å². The van der Waals surface area contributed by atoms with Gasteiger partial charge in [0.05, 0.1) is 0 Å². The predicted octanol–water partition coefficient (Wildman–Crippen LogP) is 4.16. The van der Waals surface area contributed by atoms with Crippen LogP contribution in [0.2, 0.25) is 0 Å². The number of likely N-dealkylation sites (tertiary alicyclic amines) is 1. The molecule has 0 aromatic heterocycles. The number of hydrogen-bond acceptors (Lipinski definition) is 4. The number of nitrogens with one attached hydrogen (secondary N) is 1. The van der Waals surface area contributed by atoms with E-state index in [0.717, 1.165) is 11.1 Å². The van der Waals surface area contributed by atoms with Crippen molar-refractivity contribution in [3.63, 3.8) is 0 Å². The van der Waals surface area contributed by atoms with Gasteiger partial charge < -0.3 is 20.1 Å². The second kappa shape index (κ2) is 9.25. The molecular weight excluding hydrogens is 420 g/mol. The zero-order valence-corrected chi connectivity index (χ0v) is 19.0. The molecule has 2 amide bonds. The van der Waals surface area contributed by atoms with Crippen LogP contribution in [0.5, 0.6) is 0 Å². The van der Waals surface area contributed by atoms with E-state index in [1.54, 1.807) is 6.92 Å². The standard InChI is InChI=1S/C26H30N2O5/c1-17(12-13-23(29)28-15-7-14-26(28,2)24(30)31)27-25(32)33-16-22-20-10-5-3-8-18(20)19-9-4-6-11-21(19)22/h3-6,8-11,17,22H,7,12-16H2,1-2H3,(H,27,32)(H,30,31)/t17?,26-/m1/s1. The largest absolute Gasteiger partial charge is 0.480 e. The van der Waals surface area contributed by atoms with Crippen molar-refractivity contribution in [3.8, 4) is 11.1 Å². The van der Waals surface area contributed by atoms with Gasteiger partial charge >= 0.3 is 12.1 Å². The quantitative estimate of drug-likeness (QED) is 0.660. The number of carboxylic acids is 1. The van der Waals surface area contributed by atoms with E-state index in [1.807, 2.05) is 31.2 Å². The summed E-state index contributed by atoms with van der Waals surface area (Å²) in [5.41, 5.74) is 3.50. The SMILES string of the molecule is CC(CCC(=O)N1CCC[C@]1(C)C(=O)O)NC(=O)OCC1c2ccccc2-c2ccccc21. The van der Waals surface area contributed by atoms with Crippen molar-refractivity contribution in [2.75, 3.05) is 13.2 Å². The molecule has 1 saturated heterocycles. The van der Waals surface area contributed by atoms with Gasteiger partial charge in [-0.05, 0) is 55.4 Å². The number of fused-ring (bicyclic) bond motifs is 3. The first-order chi connectivity index (χ1) is 15.8. The van der Waals surface area contributed by atoms with Gasteiger partial charge in [0.2, 0.25) is 5.91 Å². The molecule has 2 aromatic carbocycles. The second-order valence-corrected chi connectivity index (χ2v) is 9.14. The summed E-state index contributed by atoms with van der Waals surface area (Å²) in [4.78, 5) is 38.1. The van der Waals surface area contributed by atoms with E-state index in [2.05, 4.69) is 29.6 Å². The average Bonchev–Trinajstić information content (AvgIpc) is 3.35. The highest BCUT2D eigenvalue weighted by Gasteiger charge is 2.45. The van der Waals surface area contributed by atoms with Gasteiger partial charge in [-0.1, -0.05) is 48.5 Å². The van der Waals surface area contributed by atoms with E-state index < -0.39 is 17.6 Å². The average molecular weight is 451 g/mol. The molecule has 0 bridgehead atoms. The van der Waals surface area contributed by atoms with Crippen molar-refractivity contribution in [2.45, 2.75) is 57.0 Å². The van der Waals surface area contributed by atoms with Crippen LogP contribution >= 0.6 is 0 Å². The lowest BCUT2D eigenvalue weighted by atomic mass is 9.98. The van der Waals surface area contributed by atoms with Gasteiger partial charge in [-0.3, -0.25) is 4.79 Å². The van der Waals surface area contributed by atoms with Crippen LogP contribution in [0, 0.1) is 0 Å². The topological polar surface area (TPSA) is 95.9 Å². The molecule has 7 heteroatoms. The van der Waals surface area contributed by atoms with E-state index in [1.165, 1.54) is 16.0 Å². The number of rotatable bonds is 7. The van der Waals surface area contributed by atoms with Gasteiger partial charge in [-0.2, -0.15) is 0 Å². The van der Waals surface area contributed by atoms with Crippen LogP contribution in [0.4, 0.5) is 4.79 Å². The Morgan fingerprint density at radius 3 is 2.33 bits per heavy atom. The molecule has 0 saturated carbocycles. The van der Waals surface area contributed by atoms with Crippen molar-refractivity contribution >= 4 is 18.0 Å². The second-order valence-electron chi connectivity index (χ2n) is 9.14. The molecule has 7 nitrogen and oxygen atoms in total. The number of ether oxygens (including phenoxy) is 1. The molecule has 0 spiro atoms. The number of amides is 2. The fraction of sp³-hybridized carbons (Fsp3) is 0.423. The maximum absolute atomic E-state index is 12.6. The summed E-state index contributed by atoms with van der Waals surface area (Å²) < 4.78 is 5.56. The van der Waals surface area contributed by atoms with Gasteiger partial charge in [-0.25, -0.2) is 9.59 Å². The maximum Gasteiger partial charge on any atom is 0.407 e. The third kappa shape index (κ3) is 4.45. The highest BCUT2D eigenvalue weighted by atomic mass is 16.5. The highest BCUT2D eigenvalue weighted by Crippen LogP contribution is 2.44. The van der Waals surface area contributed by atoms with Crippen molar-refractivity contribution < 1.29 is 24.2 Å². The molecule has 0 radical (unpaired) electrons. The van der Waals surface area contributed by atoms with Crippen LogP contribution in [-0.4, -0.2) is 52.7 Å². The fourth-order valence-electron chi connectivity index (χ4n) is 4.97. The number of carbonyl (C=O) groups is 3. The third-order valence-electron chi connectivity index (χ3n) is 6.90. The normalized spacial score (nSPS) is 20.1. The smallest absolute Gasteiger partial charge is 0.407 e. The number of aliphatic carboxylic acids is 1. The zero-order chi connectivity index (χ0) is 23.6. The van der Waals surface area contributed by atoms with Crippen LogP contribution in [-0.2, 0) is 14.3 Å². The minimum absolute atomic E-state index is 0.0103. The van der Waals surface area contributed by atoms with Gasteiger partial charge in [0, 0.05) is 24.9 Å². The Bertz CT molecular complexity index is 1020. The molecule has 4 rings (SSSR count). The molecule has 1 heterocycles. The van der Waals surface area contributed by atoms with Crippen molar-refractivity contribution in [1.29, 1.82) is 0 Å². The lowest BCUT2D eigenvalue weighted by Gasteiger charge is -2.31. The molecule has 2 aliphatic rings. The Morgan fingerprint density at radius 2 is 1.73 bits per heavy atom. The predicted molar refractivity (Wildman–Crippen MR) is 124 cm³/mol. The lowest BCUT2D eigenvalue weighted by Crippen LogP contribution is -2.51. The van der Waals surface area contributed by atoms with Crippen molar-refractivity contribution in [1.82, 2.24) is 10.2 Å². The maximum atomic E-state index is 12.6. The summed E-state index contributed by atoms with van der Waals surface area (Å²) in [6.07, 6.45) is 1.21. The Kier molecular flexibility index (Phi) is 6.40. The Balaban J connectivity index is 1.28. The number of nitrogens with zero attached hydrogens (tertiary/aromatic N) is 1. The minimum Gasteiger partial charge on any atom is -0.480 e. The van der Waals surface area contributed by atoms with Gasteiger partial charge in [-0.15, -0.1) is 0 Å². The molecule has 2 N–H and O–H groups in total. The molecule has 1 aliphatic heterocycles. The van der Waals surface area contributed by atoms with Crippen molar-refractivity contribution in [3.05, 3.63) is 59.7 Å². The van der Waals surface area contributed by atoms with Crippen LogP contribution in [0.25, 0.3) is 11.1 Å². The van der Waals surface area contributed by atoms with E-state index in [0.29, 0.717) is 25.8 Å². The summed E-state index contributed by atoms with van der Waals surface area (Å²) in [6, 6.07) is 16.0. The van der Waals surface area contributed by atoms with Crippen LogP contribution in [0.1, 0.15) is 56.6 Å². The lowest BCUT2D eigenvalue weighted by molar-refractivity contribution is -0.155. The van der Waals surface area contributed by atoms with E-state index >= 15 is 0 Å². The van der Waals surface area contributed by atoms with Crippen LogP contribution < -0.4 is 5.32 Å². The Morgan fingerprint density at radius 1 is 1.12 bits per heavy atom. The fourth-order valence-corrected chi connectivity index (χ4v) is 4.97. The first kappa shape index (κ1) is 22.8. The Hall–Kier alpha value is -3.35. The monoisotopic (exact) mass is 450 g/mol. The molecule has 174 valence electrons. The van der Waals surface area contributed by atoms with Gasteiger partial charge in [0.15, 0.2) is 0 Å². The zero-order valence-electron chi connectivity index (χ0n) is 19.0. The molecule has 2 aromatic rings. The third-order valence-corrected chi connectivity index (χ3v) is 6.90. The van der Waals surface area contributed by atoms with Crippen LogP contribution in [0.3, 0.4) is 0 Å². The molecule has 2 atom stereocenters. The number of hydrogen-bond donors (Lipinski definition) is 2. The van der Waals surface area contributed by atoms with Crippen LogP contribution in [0.15, 0.2) is 48.5 Å². The van der Waals surface area contributed by atoms with Gasteiger partial charge in [0.25, 0.3) is 0 Å². The molecule has 33 heavy (non-hydrogen) atoms. The summed E-state index contributed by atoms with van der Waals surface area (Å²) >= 11 is 0. The number of alkyl carbamates (subject to hydrolysis) is 1. The van der Waals surface area contributed by atoms with E-state index in [4.69, 9.17) is 4.74 Å². The van der Waals surface area contributed by atoms with E-state index in [9.17, 15) is 19.5 Å². The molecular formula is C26H30N2O5. The summed E-state index contributed by atoms with van der Waals surface area (Å²) in [7, 11) is 0. The number of benzene rings is 2. The molecule has 1 unspecified atom stereocenters. The Labute approximate surface area is 193 Å². The number of carboxylic acid groups (broad SMARTS) is 1. The first-order valence-corrected chi connectivity index (χ1v) is 11.5. The number of carbonyl (C=O) groups excluding carboxylic acids is 2. The van der Waals surface area contributed by atoms with Crippen molar-refractivity contribution in [2.24, 2.45) is 0 Å². The molecule has 1 fully saturated rings. The minimum atomic E-state index is -1.14. The summed E-state index contributed by atoms with van der Waals surface area (Å²) in [5, 5.41) is 12.3.